The number of fused-ring (bicyclic) bond motifs is 1. The maximum absolute atomic E-state index is 4.28. The van der Waals surface area contributed by atoms with Crippen LogP contribution in [0.15, 0.2) is 218 Å². The van der Waals surface area contributed by atoms with Crippen molar-refractivity contribution in [3.05, 3.63) is 252 Å². The van der Waals surface area contributed by atoms with Gasteiger partial charge in [-0.3, -0.25) is 0 Å². The molecule has 0 aromatic heterocycles. The highest BCUT2D eigenvalue weighted by atomic mass is 31.1. The molecular weight excluding hydrogens is 739 g/mol. The van der Waals surface area contributed by atoms with Crippen LogP contribution in [0.3, 0.4) is 0 Å². The molecule has 4 heteroatoms. The van der Waals surface area contributed by atoms with E-state index in [1.807, 2.05) is 0 Å². The Morgan fingerprint density at radius 3 is 0.862 bits per heavy atom. The van der Waals surface area contributed by atoms with Crippen LogP contribution in [0, 0.1) is 0 Å². The summed E-state index contributed by atoms with van der Waals surface area (Å²) < 4.78 is 0. The van der Waals surface area contributed by atoms with E-state index >= 15 is 0 Å². The van der Waals surface area contributed by atoms with Gasteiger partial charge in [0.1, 0.15) is 0 Å². The summed E-state index contributed by atoms with van der Waals surface area (Å²) in [6.45, 7) is 1.57. The lowest BCUT2D eigenvalue weighted by molar-refractivity contribution is 0.276. The van der Waals surface area contributed by atoms with Gasteiger partial charge in [-0.25, -0.2) is 0 Å². The van der Waals surface area contributed by atoms with E-state index < -0.39 is 15.8 Å². The topological polar surface area (TPSA) is 24.1 Å². The fourth-order valence-electron chi connectivity index (χ4n) is 9.54. The summed E-state index contributed by atoms with van der Waals surface area (Å²) in [7, 11) is -1.47. The van der Waals surface area contributed by atoms with Crippen molar-refractivity contribution in [1.29, 1.82) is 0 Å². The van der Waals surface area contributed by atoms with Gasteiger partial charge < -0.3 is 10.6 Å². The van der Waals surface area contributed by atoms with Crippen LogP contribution in [-0.4, -0.2) is 12.1 Å². The average molecular weight is 785 g/mol. The summed E-state index contributed by atoms with van der Waals surface area (Å²) in [5.74, 6) is 0.459. The first-order valence-electron chi connectivity index (χ1n) is 20.4. The van der Waals surface area contributed by atoms with E-state index in [1.54, 1.807) is 0 Å². The number of rotatable bonds is 12. The standard InChI is InChI=1S/C54H46N2P2/c1-5-23-41(24-6-1)57(42-25-7-2-8-26-42)49-35-19-13-21-39(49)37-55-53-51-45-31-15-17-33-47(45)52(48-34-18-16-32-46(48)51)54(53)56-38-40-22-14-20-36-50(40)58(43-27-9-3-10-28-43)44-29-11-4-12-30-44/h1-36,51-56H,37-38H2/t51?,52?,53-,54-/m1/s1. The third-order valence-electron chi connectivity index (χ3n) is 12.0. The number of benzene rings is 8. The van der Waals surface area contributed by atoms with Crippen LogP contribution in [-0.2, 0) is 13.1 Å². The van der Waals surface area contributed by atoms with Gasteiger partial charge in [-0.2, -0.15) is 0 Å². The van der Waals surface area contributed by atoms with Crippen LogP contribution < -0.4 is 42.5 Å². The molecule has 2 N–H and O–H groups in total. The highest BCUT2D eigenvalue weighted by Crippen LogP contribution is 2.53. The first-order valence-corrected chi connectivity index (χ1v) is 23.1. The molecule has 0 saturated heterocycles. The minimum Gasteiger partial charge on any atom is -0.307 e. The molecular formula is C54H46N2P2. The predicted molar refractivity (Wildman–Crippen MR) is 248 cm³/mol. The Balaban J connectivity index is 1.03. The Bertz CT molecular complexity index is 2310. The normalized spacial score (nSPS) is 17.9. The molecule has 2 atom stereocenters. The van der Waals surface area contributed by atoms with Crippen LogP contribution >= 0.6 is 15.8 Å². The summed E-state index contributed by atoms with van der Waals surface area (Å²) in [6.07, 6.45) is 0. The van der Waals surface area contributed by atoms with Crippen molar-refractivity contribution in [2.45, 2.75) is 37.0 Å². The zero-order chi connectivity index (χ0) is 38.7. The van der Waals surface area contributed by atoms with Crippen molar-refractivity contribution in [2.24, 2.45) is 0 Å². The molecule has 0 amide bonds. The largest absolute Gasteiger partial charge is 0.307 e. The number of hydrogen-bond donors (Lipinski definition) is 2. The SMILES string of the molecule is c1ccc(P(c2ccccc2)c2ccccc2CN[C@@H]2C3c4ccccc4C(c4ccccc43)[C@H]2NCc2ccccc2P(c2ccccc2)c2ccccc2)cc1. The van der Waals surface area contributed by atoms with E-state index in [0.717, 1.165) is 13.1 Å². The van der Waals surface area contributed by atoms with Gasteiger partial charge in [0.05, 0.1) is 0 Å². The predicted octanol–water partition coefficient (Wildman–Crippen LogP) is 9.11. The van der Waals surface area contributed by atoms with Gasteiger partial charge in [0.15, 0.2) is 0 Å². The van der Waals surface area contributed by atoms with Gasteiger partial charge in [-0.1, -0.05) is 218 Å². The molecule has 58 heavy (non-hydrogen) atoms. The zero-order valence-electron chi connectivity index (χ0n) is 32.4. The highest BCUT2D eigenvalue weighted by molar-refractivity contribution is 7.80. The fraction of sp³-hybridized carbons (Fsp3) is 0.111. The van der Waals surface area contributed by atoms with E-state index in [2.05, 4.69) is 229 Å². The Kier molecular flexibility index (Phi) is 10.7. The number of hydrogen-bond acceptors (Lipinski definition) is 2. The van der Waals surface area contributed by atoms with Crippen LogP contribution in [0.2, 0.25) is 0 Å². The maximum Gasteiger partial charge on any atom is 0.0343 e. The molecule has 0 aliphatic heterocycles. The van der Waals surface area contributed by atoms with Gasteiger partial charge in [-0.05, 0) is 81.1 Å². The molecule has 0 fully saturated rings. The van der Waals surface area contributed by atoms with Gasteiger partial charge in [0, 0.05) is 37.0 Å². The smallest absolute Gasteiger partial charge is 0.0343 e. The van der Waals surface area contributed by atoms with Gasteiger partial charge in [0.25, 0.3) is 0 Å². The van der Waals surface area contributed by atoms with E-state index in [-0.39, 0.29) is 23.9 Å². The second-order valence-corrected chi connectivity index (χ2v) is 19.7. The van der Waals surface area contributed by atoms with Crippen molar-refractivity contribution < 1.29 is 0 Å². The lowest BCUT2D eigenvalue weighted by Gasteiger charge is -2.51. The third-order valence-corrected chi connectivity index (χ3v) is 17.1. The molecule has 3 aliphatic carbocycles. The summed E-state index contributed by atoms with van der Waals surface area (Å²) in [4.78, 5) is 0. The summed E-state index contributed by atoms with van der Waals surface area (Å²) >= 11 is 0. The van der Waals surface area contributed by atoms with Crippen molar-refractivity contribution in [3.8, 4) is 0 Å². The molecule has 0 heterocycles. The fourth-order valence-corrected chi connectivity index (χ4v) is 14.5. The van der Waals surface area contributed by atoms with Gasteiger partial charge >= 0.3 is 0 Å². The Labute approximate surface area is 345 Å². The van der Waals surface area contributed by atoms with Crippen molar-refractivity contribution in [3.63, 3.8) is 0 Å². The van der Waals surface area contributed by atoms with E-state index in [4.69, 9.17) is 0 Å². The maximum atomic E-state index is 4.28. The molecule has 8 aromatic carbocycles. The minimum atomic E-state index is -0.737. The summed E-state index contributed by atoms with van der Waals surface area (Å²) in [6, 6.07) is 81.5. The monoisotopic (exact) mass is 784 g/mol. The summed E-state index contributed by atoms with van der Waals surface area (Å²) in [5, 5.41) is 16.9. The zero-order valence-corrected chi connectivity index (χ0v) is 34.2. The third kappa shape index (κ3) is 7.06. The van der Waals surface area contributed by atoms with Crippen LogP contribution in [0.1, 0.15) is 45.2 Å². The molecule has 0 saturated carbocycles. The molecule has 0 unspecified atom stereocenters. The second-order valence-electron chi connectivity index (χ2n) is 15.3. The molecule has 0 radical (unpaired) electrons. The Morgan fingerprint density at radius 2 is 0.552 bits per heavy atom. The molecule has 8 aromatic rings. The molecule has 282 valence electrons. The van der Waals surface area contributed by atoms with Crippen molar-refractivity contribution in [2.75, 3.05) is 0 Å². The minimum absolute atomic E-state index is 0.180. The molecule has 0 spiro atoms. The van der Waals surface area contributed by atoms with E-state index in [9.17, 15) is 0 Å². The summed E-state index contributed by atoms with van der Waals surface area (Å²) in [5.41, 5.74) is 8.58. The molecule has 2 nitrogen and oxygen atoms in total. The second kappa shape index (κ2) is 16.8. The van der Waals surface area contributed by atoms with E-state index in [1.165, 1.54) is 65.2 Å². The molecule has 2 bridgehead atoms. The first kappa shape index (κ1) is 36.9. The first-order chi connectivity index (χ1) is 28.8. The van der Waals surface area contributed by atoms with Gasteiger partial charge in [-0.15, -0.1) is 0 Å². The van der Waals surface area contributed by atoms with Crippen LogP contribution in [0.4, 0.5) is 0 Å². The lowest BCUT2D eigenvalue weighted by atomic mass is 9.59. The van der Waals surface area contributed by atoms with Crippen LogP contribution in [0.5, 0.6) is 0 Å². The Morgan fingerprint density at radius 1 is 0.293 bits per heavy atom. The highest BCUT2D eigenvalue weighted by Gasteiger charge is 2.49. The lowest BCUT2D eigenvalue weighted by Crippen LogP contribution is -2.59. The molecule has 11 rings (SSSR count). The van der Waals surface area contributed by atoms with Gasteiger partial charge in [0.2, 0.25) is 0 Å². The van der Waals surface area contributed by atoms with Crippen molar-refractivity contribution in [1.82, 2.24) is 10.6 Å². The quantitative estimate of drug-likeness (QED) is 0.121. The molecule has 3 aliphatic rings. The average Bonchev–Trinajstić information content (AvgIpc) is 3.30. The van der Waals surface area contributed by atoms with Crippen molar-refractivity contribution >= 4 is 47.7 Å². The number of nitrogens with one attached hydrogen (secondary N) is 2. The Hall–Kier alpha value is -5.46. The van der Waals surface area contributed by atoms with E-state index in [0.29, 0.717) is 0 Å². The van der Waals surface area contributed by atoms with Crippen LogP contribution in [0.25, 0.3) is 0 Å².